The van der Waals surface area contributed by atoms with Gasteiger partial charge in [0.05, 0.1) is 16.2 Å². The molecule has 164 valence electrons. The van der Waals surface area contributed by atoms with Crippen molar-refractivity contribution in [2.24, 2.45) is 0 Å². The standard InChI is InChI=1S/C19H21F3N2O4S2/c1-2-11-29(25,26)24-10-9-14-3-6-17(12-15(14)13-24)23-30(27,28)18-7-4-16(5-8-18)19(20,21)22/h3-8,12,23H,2,9-11,13H2,1H3. The third kappa shape index (κ3) is 4.96. The molecule has 0 fully saturated rings. The van der Waals surface area contributed by atoms with E-state index in [1.165, 1.54) is 4.31 Å². The van der Waals surface area contributed by atoms with Gasteiger partial charge in [0.25, 0.3) is 10.0 Å². The Morgan fingerprint density at radius 2 is 1.67 bits per heavy atom. The smallest absolute Gasteiger partial charge is 0.280 e. The average molecular weight is 463 g/mol. The summed E-state index contributed by atoms with van der Waals surface area (Å²) in [6.45, 7) is 2.29. The number of rotatable bonds is 6. The van der Waals surface area contributed by atoms with E-state index in [2.05, 4.69) is 4.72 Å². The van der Waals surface area contributed by atoms with Crippen molar-refractivity contribution in [2.45, 2.75) is 37.4 Å². The Hall–Kier alpha value is -2.11. The Morgan fingerprint density at radius 3 is 2.27 bits per heavy atom. The van der Waals surface area contributed by atoms with Crippen LogP contribution < -0.4 is 4.72 Å². The number of benzene rings is 2. The second kappa shape index (κ2) is 8.20. The van der Waals surface area contributed by atoms with Gasteiger partial charge in [0, 0.05) is 18.8 Å². The van der Waals surface area contributed by atoms with Gasteiger partial charge in [-0.3, -0.25) is 4.72 Å². The van der Waals surface area contributed by atoms with E-state index in [4.69, 9.17) is 0 Å². The molecule has 0 saturated heterocycles. The number of nitrogens with one attached hydrogen (secondary N) is 1. The number of hydrogen-bond donors (Lipinski definition) is 1. The summed E-state index contributed by atoms with van der Waals surface area (Å²) in [5, 5.41) is 0. The van der Waals surface area contributed by atoms with Gasteiger partial charge < -0.3 is 0 Å². The van der Waals surface area contributed by atoms with Gasteiger partial charge in [-0.1, -0.05) is 13.0 Å². The van der Waals surface area contributed by atoms with Crippen LogP contribution in [0.15, 0.2) is 47.4 Å². The van der Waals surface area contributed by atoms with E-state index < -0.39 is 31.8 Å². The predicted molar refractivity (Wildman–Crippen MR) is 107 cm³/mol. The topological polar surface area (TPSA) is 83.6 Å². The maximum Gasteiger partial charge on any atom is 0.416 e. The van der Waals surface area contributed by atoms with Crippen LogP contribution in [0.2, 0.25) is 0 Å². The Morgan fingerprint density at radius 1 is 1.00 bits per heavy atom. The summed E-state index contributed by atoms with van der Waals surface area (Å²) in [6.07, 6.45) is -3.54. The summed E-state index contributed by atoms with van der Waals surface area (Å²) in [5.74, 6) is 0.0442. The van der Waals surface area contributed by atoms with Crippen LogP contribution in [0.4, 0.5) is 18.9 Å². The van der Waals surface area contributed by atoms with E-state index in [0.717, 1.165) is 17.7 Å². The lowest BCUT2D eigenvalue weighted by molar-refractivity contribution is -0.137. The molecule has 0 bridgehead atoms. The molecule has 0 aliphatic carbocycles. The highest BCUT2D eigenvalue weighted by Crippen LogP contribution is 2.30. The molecule has 1 aliphatic rings. The number of halogens is 3. The summed E-state index contributed by atoms with van der Waals surface area (Å²) in [6, 6.07) is 8.03. The van der Waals surface area contributed by atoms with E-state index in [9.17, 15) is 30.0 Å². The quantitative estimate of drug-likeness (QED) is 0.711. The number of anilines is 1. The van der Waals surface area contributed by atoms with Crippen LogP contribution in [0, 0.1) is 0 Å². The summed E-state index contributed by atoms with van der Waals surface area (Å²) in [7, 11) is -7.48. The molecule has 0 radical (unpaired) electrons. The van der Waals surface area contributed by atoms with Gasteiger partial charge in [-0.05, 0) is 60.4 Å². The maximum atomic E-state index is 12.7. The van der Waals surface area contributed by atoms with Gasteiger partial charge in [0.2, 0.25) is 10.0 Å². The first kappa shape index (κ1) is 22.6. The zero-order valence-electron chi connectivity index (χ0n) is 16.1. The fourth-order valence-electron chi connectivity index (χ4n) is 3.26. The summed E-state index contributed by atoms with van der Waals surface area (Å²) >= 11 is 0. The molecule has 3 rings (SSSR count). The monoisotopic (exact) mass is 462 g/mol. The lowest BCUT2D eigenvalue weighted by atomic mass is 10.0. The van der Waals surface area contributed by atoms with Crippen molar-refractivity contribution in [3.63, 3.8) is 0 Å². The molecular weight excluding hydrogens is 441 g/mol. The van der Waals surface area contributed by atoms with Crippen molar-refractivity contribution < 1.29 is 30.0 Å². The Kier molecular flexibility index (Phi) is 6.17. The van der Waals surface area contributed by atoms with Crippen LogP contribution in [-0.4, -0.2) is 33.4 Å². The van der Waals surface area contributed by atoms with Crippen molar-refractivity contribution in [1.82, 2.24) is 4.31 Å². The fourth-order valence-corrected chi connectivity index (χ4v) is 5.79. The molecule has 6 nitrogen and oxygen atoms in total. The minimum atomic E-state index is -4.56. The number of nitrogens with zero attached hydrogens (tertiary/aromatic N) is 1. The van der Waals surface area contributed by atoms with Crippen LogP contribution in [0.25, 0.3) is 0 Å². The van der Waals surface area contributed by atoms with Crippen molar-refractivity contribution in [2.75, 3.05) is 17.0 Å². The number of fused-ring (bicyclic) bond motifs is 1. The SMILES string of the molecule is CCCS(=O)(=O)N1CCc2ccc(NS(=O)(=O)c3ccc(C(F)(F)F)cc3)cc2C1. The van der Waals surface area contributed by atoms with Crippen LogP contribution in [0.5, 0.6) is 0 Å². The van der Waals surface area contributed by atoms with Crippen LogP contribution in [0.1, 0.15) is 30.0 Å². The van der Waals surface area contributed by atoms with E-state index in [1.54, 1.807) is 25.1 Å². The van der Waals surface area contributed by atoms with Crippen molar-refractivity contribution in [1.29, 1.82) is 0 Å². The Bertz CT molecular complexity index is 1130. The summed E-state index contributed by atoms with van der Waals surface area (Å²) < 4.78 is 91.5. The van der Waals surface area contributed by atoms with Crippen LogP contribution in [0.3, 0.4) is 0 Å². The van der Waals surface area contributed by atoms with Crippen molar-refractivity contribution >= 4 is 25.7 Å². The van der Waals surface area contributed by atoms with Gasteiger partial charge in [0.1, 0.15) is 0 Å². The highest BCUT2D eigenvalue weighted by atomic mass is 32.2. The highest BCUT2D eigenvalue weighted by Gasteiger charge is 2.31. The average Bonchev–Trinajstić information content (AvgIpc) is 2.66. The molecule has 0 atom stereocenters. The van der Waals surface area contributed by atoms with Crippen molar-refractivity contribution in [3.8, 4) is 0 Å². The minimum Gasteiger partial charge on any atom is -0.280 e. The van der Waals surface area contributed by atoms with Gasteiger partial charge >= 0.3 is 6.18 Å². The first-order valence-electron chi connectivity index (χ1n) is 9.22. The molecule has 30 heavy (non-hydrogen) atoms. The number of hydrogen-bond acceptors (Lipinski definition) is 4. The summed E-state index contributed by atoms with van der Waals surface area (Å²) in [5.41, 5.74) is 0.885. The van der Waals surface area contributed by atoms with Crippen LogP contribution in [-0.2, 0) is 39.2 Å². The second-order valence-electron chi connectivity index (χ2n) is 7.01. The number of sulfonamides is 2. The maximum absolute atomic E-state index is 12.7. The molecule has 0 saturated carbocycles. The van der Waals surface area contributed by atoms with Crippen molar-refractivity contribution in [3.05, 3.63) is 59.2 Å². The third-order valence-electron chi connectivity index (χ3n) is 4.78. The molecule has 2 aromatic carbocycles. The zero-order chi connectivity index (χ0) is 22.2. The largest absolute Gasteiger partial charge is 0.416 e. The lowest BCUT2D eigenvalue weighted by Gasteiger charge is -2.28. The molecule has 0 unspecified atom stereocenters. The molecule has 0 aromatic heterocycles. The Balaban J connectivity index is 1.81. The van der Waals surface area contributed by atoms with E-state index in [0.29, 0.717) is 37.1 Å². The van der Waals surface area contributed by atoms with Crippen LogP contribution >= 0.6 is 0 Å². The normalized spacial score (nSPS) is 15.6. The second-order valence-corrected chi connectivity index (χ2v) is 10.8. The Labute approximate surface area is 173 Å². The van der Waals surface area contributed by atoms with Gasteiger partial charge in [-0.15, -0.1) is 0 Å². The molecule has 1 aliphatic heterocycles. The molecular formula is C19H21F3N2O4S2. The lowest BCUT2D eigenvalue weighted by Crippen LogP contribution is -2.37. The third-order valence-corrected chi connectivity index (χ3v) is 8.20. The van der Waals surface area contributed by atoms with Gasteiger partial charge in [0.15, 0.2) is 0 Å². The molecule has 11 heteroatoms. The molecule has 0 amide bonds. The molecule has 1 heterocycles. The van der Waals surface area contributed by atoms with Gasteiger partial charge in [-0.2, -0.15) is 17.5 Å². The van der Waals surface area contributed by atoms with E-state index in [-0.39, 0.29) is 22.9 Å². The first-order chi connectivity index (χ1) is 13.9. The van der Waals surface area contributed by atoms with E-state index in [1.807, 2.05) is 0 Å². The molecule has 0 spiro atoms. The predicted octanol–water partition coefficient (Wildman–Crippen LogP) is 3.60. The minimum absolute atomic E-state index is 0.0442. The van der Waals surface area contributed by atoms with Gasteiger partial charge in [-0.25, -0.2) is 16.8 Å². The zero-order valence-corrected chi connectivity index (χ0v) is 17.7. The van der Waals surface area contributed by atoms with E-state index >= 15 is 0 Å². The first-order valence-corrected chi connectivity index (χ1v) is 12.3. The molecule has 2 aromatic rings. The fraction of sp³-hybridized carbons (Fsp3) is 0.368. The molecule has 1 N–H and O–H groups in total. The highest BCUT2D eigenvalue weighted by molar-refractivity contribution is 7.92. The summed E-state index contributed by atoms with van der Waals surface area (Å²) in [4.78, 5) is -0.305. The number of alkyl halides is 3.